The summed E-state index contributed by atoms with van der Waals surface area (Å²) in [6.07, 6.45) is 1.21. The van der Waals surface area contributed by atoms with E-state index in [4.69, 9.17) is 0 Å². The van der Waals surface area contributed by atoms with E-state index in [9.17, 15) is 0 Å². The molecule has 20 heavy (non-hydrogen) atoms. The molecular formula is C18H32N2. The van der Waals surface area contributed by atoms with E-state index in [-0.39, 0.29) is 0 Å². The molecule has 1 N–H and O–H groups in total. The maximum Gasteiger partial charge on any atom is 0.0230 e. The van der Waals surface area contributed by atoms with Crippen LogP contribution in [-0.2, 0) is 6.54 Å². The van der Waals surface area contributed by atoms with Crippen molar-refractivity contribution in [1.29, 1.82) is 0 Å². The average Bonchev–Trinajstić information content (AvgIpc) is 2.39. The lowest BCUT2D eigenvalue weighted by Gasteiger charge is -2.33. The number of nitrogens with one attached hydrogen (secondary N) is 1. The summed E-state index contributed by atoms with van der Waals surface area (Å²) in [4.78, 5) is 2.44. The lowest BCUT2D eigenvalue weighted by molar-refractivity contribution is 0.174. The Kier molecular flexibility index (Phi) is 7.25. The number of nitrogens with zero attached hydrogens (tertiary/aromatic N) is 1. The molecule has 0 bridgehead atoms. The zero-order valence-corrected chi connectivity index (χ0v) is 13.9. The molecule has 1 aromatic carbocycles. The third kappa shape index (κ3) is 6.53. The van der Waals surface area contributed by atoms with Gasteiger partial charge in [-0.05, 0) is 36.9 Å². The van der Waals surface area contributed by atoms with Crippen LogP contribution in [0, 0.1) is 11.3 Å². The van der Waals surface area contributed by atoms with Crippen LogP contribution in [0.4, 0.5) is 0 Å². The molecule has 0 spiro atoms. The second-order valence-corrected chi connectivity index (χ2v) is 6.85. The molecule has 0 aliphatic carbocycles. The van der Waals surface area contributed by atoms with Gasteiger partial charge in [-0.15, -0.1) is 0 Å². The minimum atomic E-state index is 0.346. The number of rotatable bonds is 9. The van der Waals surface area contributed by atoms with E-state index in [1.165, 1.54) is 12.0 Å². The van der Waals surface area contributed by atoms with Crippen molar-refractivity contribution >= 4 is 0 Å². The van der Waals surface area contributed by atoms with Gasteiger partial charge in [0.25, 0.3) is 0 Å². The molecule has 2 nitrogen and oxygen atoms in total. The van der Waals surface area contributed by atoms with Crippen LogP contribution in [0.1, 0.15) is 39.7 Å². The first-order valence-electron chi connectivity index (χ1n) is 7.88. The van der Waals surface area contributed by atoms with Crippen molar-refractivity contribution in [2.45, 2.75) is 40.7 Å². The predicted molar refractivity (Wildman–Crippen MR) is 88.9 cm³/mol. The normalized spacial score (nSPS) is 14.8. The van der Waals surface area contributed by atoms with Gasteiger partial charge < -0.3 is 10.2 Å². The SMILES string of the molecule is CCC(C)(CNCC(C)C)CN(C)Cc1ccccc1. The molecule has 1 unspecified atom stereocenters. The monoisotopic (exact) mass is 276 g/mol. The minimum Gasteiger partial charge on any atom is -0.316 e. The van der Waals surface area contributed by atoms with Gasteiger partial charge in [-0.2, -0.15) is 0 Å². The van der Waals surface area contributed by atoms with Gasteiger partial charge in [0.15, 0.2) is 0 Å². The Hall–Kier alpha value is -0.860. The van der Waals surface area contributed by atoms with Gasteiger partial charge in [0.05, 0.1) is 0 Å². The van der Waals surface area contributed by atoms with Crippen molar-refractivity contribution in [3.63, 3.8) is 0 Å². The third-order valence-corrected chi connectivity index (χ3v) is 3.90. The highest BCUT2D eigenvalue weighted by Gasteiger charge is 2.23. The van der Waals surface area contributed by atoms with E-state index < -0.39 is 0 Å². The van der Waals surface area contributed by atoms with Crippen LogP contribution in [0.25, 0.3) is 0 Å². The van der Waals surface area contributed by atoms with E-state index in [2.05, 4.69) is 75.3 Å². The summed E-state index contributed by atoms with van der Waals surface area (Å²) in [5.41, 5.74) is 1.74. The molecule has 0 saturated carbocycles. The molecular weight excluding hydrogens is 244 g/mol. The highest BCUT2D eigenvalue weighted by molar-refractivity contribution is 5.14. The molecule has 0 aromatic heterocycles. The van der Waals surface area contributed by atoms with Crippen molar-refractivity contribution in [1.82, 2.24) is 10.2 Å². The minimum absolute atomic E-state index is 0.346. The summed E-state index contributed by atoms with van der Waals surface area (Å²) in [6, 6.07) is 10.7. The van der Waals surface area contributed by atoms with Crippen molar-refractivity contribution < 1.29 is 0 Å². The maximum absolute atomic E-state index is 3.62. The Bertz CT molecular complexity index is 361. The van der Waals surface area contributed by atoms with Crippen LogP contribution in [0.15, 0.2) is 30.3 Å². The van der Waals surface area contributed by atoms with Crippen LogP contribution in [0.5, 0.6) is 0 Å². The fourth-order valence-electron chi connectivity index (χ4n) is 2.56. The lowest BCUT2D eigenvalue weighted by Crippen LogP contribution is -2.41. The van der Waals surface area contributed by atoms with Crippen LogP contribution >= 0.6 is 0 Å². The summed E-state index contributed by atoms with van der Waals surface area (Å²) >= 11 is 0. The van der Waals surface area contributed by atoms with Crippen LogP contribution in [-0.4, -0.2) is 31.6 Å². The summed E-state index contributed by atoms with van der Waals surface area (Å²) in [6.45, 7) is 13.6. The molecule has 0 aliphatic rings. The largest absolute Gasteiger partial charge is 0.316 e. The summed E-state index contributed by atoms with van der Waals surface area (Å²) in [5.74, 6) is 0.721. The summed E-state index contributed by atoms with van der Waals surface area (Å²) in [5, 5.41) is 3.62. The number of hydrogen-bond donors (Lipinski definition) is 1. The van der Waals surface area contributed by atoms with Crippen molar-refractivity contribution in [2.75, 3.05) is 26.7 Å². The highest BCUT2D eigenvalue weighted by Crippen LogP contribution is 2.22. The van der Waals surface area contributed by atoms with Gasteiger partial charge in [-0.3, -0.25) is 0 Å². The molecule has 0 saturated heterocycles. The van der Waals surface area contributed by atoms with Gasteiger partial charge in [-0.25, -0.2) is 0 Å². The van der Waals surface area contributed by atoms with Gasteiger partial charge >= 0.3 is 0 Å². The Morgan fingerprint density at radius 3 is 2.40 bits per heavy atom. The molecule has 1 aromatic rings. The van der Waals surface area contributed by atoms with Gasteiger partial charge in [-0.1, -0.05) is 58.0 Å². The van der Waals surface area contributed by atoms with E-state index >= 15 is 0 Å². The lowest BCUT2D eigenvalue weighted by atomic mass is 9.86. The van der Waals surface area contributed by atoms with Crippen molar-refractivity contribution in [3.8, 4) is 0 Å². The number of benzene rings is 1. The summed E-state index contributed by atoms with van der Waals surface area (Å²) < 4.78 is 0. The molecule has 1 atom stereocenters. The predicted octanol–water partition coefficient (Wildman–Crippen LogP) is 3.78. The third-order valence-electron chi connectivity index (χ3n) is 3.90. The Morgan fingerprint density at radius 2 is 1.85 bits per heavy atom. The van der Waals surface area contributed by atoms with E-state index in [1.807, 2.05) is 0 Å². The number of hydrogen-bond acceptors (Lipinski definition) is 2. The fraction of sp³-hybridized carbons (Fsp3) is 0.667. The molecule has 0 heterocycles. The van der Waals surface area contributed by atoms with Crippen LogP contribution < -0.4 is 5.32 Å². The molecule has 0 radical (unpaired) electrons. The smallest absolute Gasteiger partial charge is 0.0230 e. The second kappa shape index (κ2) is 8.43. The Balaban J connectivity index is 2.45. The first-order valence-corrected chi connectivity index (χ1v) is 7.88. The van der Waals surface area contributed by atoms with E-state index in [1.54, 1.807) is 0 Å². The van der Waals surface area contributed by atoms with Gasteiger partial charge in [0.1, 0.15) is 0 Å². The molecule has 114 valence electrons. The van der Waals surface area contributed by atoms with Crippen LogP contribution in [0.2, 0.25) is 0 Å². The van der Waals surface area contributed by atoms with E-state index in [0.29, 0.717) is 5.41 Å². The molecule has 0 fully saturated rings. The first-order chi connectivity index (χ1) is 9.45. The Morgan fingerprint density at radius 1 is 1.20 bits per heavy atom. The standard InChI is InChI=1S/C18H32N2/c1-6-18(4,14-19-12-16(2)3)15-20(5)13-17-10-8-7-9-11-17/h7-11,16,19H,6,12-15H2,1-5H3. The molecule has 0 amide bonds. The zero-order valence-electron chi connectivity index (χ0n) is 13.9. The second-order valence-electron chi connectivity index (χ2n) is 6.85. The highest BCUT2D eigenvalue weighted by atomic mass is 15.1. The van der Waals surface area contributed by atoms with Crippen molar-refractivity contribution in [3.05, 3.63) is 35.9 Å². The Labute approximate surface area is 125 Å². The molecule has 1 rings (SSSR count). The topological polar surface area (TPSA) is 15.3 Å². The van der Waals surface area contributed by atoms with Crippen molar-refractivity contribution in [2.24, 2.45) is 11.3 Å². The van der Waals surface area contributed by atoms with Crippen LogP contribution in [0.3, 0.4) is 0 Å². The first kappa shape index (κ1) is 17.2. The zero-order chi connectivity index (χ0) is 15.0. The maximum atomic E-state index is 3.62. The quantitative estimate of drug-likeness (QED) is 0.738. The summed E-state index contributed by atoms with van der Waals surface area (Å²) in [7, 11) is 2.23. The molecule has 2 heteroatoms. The molecule has 0 aliphatic heterocycles. The van der Waals surface area contributed by atoms with E-state index in [0.717, 1.165) is 32.1 Å². The van der Waals surface area contributed by atoms with Gasteiger partial charge in [0.2, 0.25) is 0 Å². The fourth-order valence-corrected chi connectivity index (χ4v) is 2.56. The van der Waals surface area contributed by atoms with Gasteiger partial charge in [0, 0.05) is 19.6 Å². The average molecular weight is 276 g/mol.